The zero-order chi connectivity index (χ0) is 13.2. The molecule has 0 radical (unpaired) electrons. The Balaban J connectivity index is 1.74. The highest BCUT2D eigenvalue weighted by Gasteiger charge is 2.06. The zero-order valence-electron chi connectivity index (χ0n) is 10.6. The number of thioether (sulfide) groups is 1. The highest BCUT2D eigenvalue weighted by atomic mass is 32.2. The summed E-state index contributed by atoms with van der Waals surface area (Å²) in [5, 5.41) is 0.909. The van der Waals surface area contributed by atoms with Crippen LogP contribution >= 0.6 is 11.8 Å². The minimum atomic E-state index is 0.439. The van der Waals surface area contributed by atoms with Crippen molar-refractivity contribution in [2.24, 2.45) is 5.73 Å². The van der Waals surface area contributed by atoms with Gasteiger partial charge >= 0.3 is 0 Å². The Morgan fingerprint density at radius 2 is 2.11 bits per heavy atom. The summed E-state index contributed by atoms with van der Waals surface area (Å²) in [6.07, 6.45) is 0. The summed E-state index contributed by atoms with van der Waals surface area (Å²) >= 11 is 1.63. The highest BCUT2D eigenvalue weighted by Crippen LogP contribution is 2.24. The molecular weight excluding hydrogens is 258 g/mol. The van der Waals surface area contributed by atoms with Gasteiger partial charge in [-0.2, -0.15) is 0 Å². The second-order valence-electron chi connectivity index (χ2n) is 4.42. The Morgan fingerprint density at radius 1 is 1.26 bits per heavy atom. The van der Waals surface area contributed by atoms with Crippen LogP contribution in [0.1, 0.15) is 17.1 Å². The summed E-state index contributed by atoms with van der Waals surface area (Å²) < 4.78 is 5.56. The van der Waals surface area contributed by atoms with Gasteiger partial charge in [-0.1, -0.05) is 17.8 Å². The van der Waals surface area contributed by atoms with Crippen molar-refractivity contribution in [3.63, 3.8) is 0 Å². The second kappa shape index (κ2) is 5.11. The summed E-state index contributed by atoms with van der Waals surface area (Å²) in [4.78, 5) is 7.85. The number of nitrogens with zero attached hydrogens (tertiary/aromatic N) is 1. The predicted octanol–water partition coefficient (Wildman–Crippen LogP) is 3.22. The fourth-order valence-corrected chi connectivity index (χ4v) is 2.70. The molecule has 3 N–H and O–H groups in total. The molecule has 0 aliphatic heterocycles. The van der Waals surface area contributed by atoms with Crippen LogP contribution in [0.3, 0.4) is 0 Å². The van der Waals surface area contributed by atoms with E-state index in [4.69, 9.17) is 10.2 Å². The summed E-state index contributed by atoms with van der Waals surface area (Å²) in [6.45, 7) is 2.51. The molecule has 1 aromatic carbocycles. The summed E-state index contributed by atoms with van der Waals surface area (Å²) in [6, 6.07) is 10.1. The molecule has 0 amide bonds. The molecule has 0 fully saturated rings. The number of nitrogens with one attached hydrogen (secondary N) is 1. The molecule has 0 aliphatic rings. The van der Waals surface area contributed by atoms with Crippen molar-refractivity contribution in [2.75, 3.05) is 0 Å². The van der Waals surface area contributed by atoms with Crippen molar-refractivity contribution >= 4 is 22.8 Å². The van der Waals surface area contributed by atoms with Crippen molar-refractivity contribution in [2.45, 2.75) is 24.4 Å². The molecule has 0 unspecified atom stereocenters. The first kappa shape index (κ1) is 12.3. The number of hydrogen-bond donors (Lipinski definition) is 2. The van der Waals surface area contributed by atoms with Gasteiger partial charge in [-0.3, -0.25) is 0 Å². The van der Waals surface area contributed by atoms with Crippen LogP contribution in [0.15, 0.2) is 39.9 Å². The van der Waals surface area contributed by atoms with E-state index in [2.05, 4.69) is 29.0 Å². The molecule has 0 aliphatic carbocycles. The predicted molar refractivity (Wildman–Crippen MR) is 77.0 cm³/mol. The van der Waals surface area contributed by atoms with Gasteiger partial charge in [0.25, 0.3) is 0 Å². The van der Waals surface area contributed by atoms with Crippen LogP contribution in [-0.2, 0) is 12.3 Å². The molecule has 19 heavy (non-hydrogen) atoms. The molecule has 5 heteroatoms. The Hall–Kier alpha value is -1.72. The van der Waals surface area contributed by atoms with Crippen LogP contribution in [-0.4, -0.2) is 9.97 Å². The van der Waals surface area contributed by atoms with Gasteiger partial charge in [0.1, 0.15) is 11.5 Å². The number of nitrogens with two attached hydrogens (primary N) is 1. The van der Waals surface area contributed by atoms with E-state index in [-0.39, 0.29) is 0 Å². The first-order valence-corrected chi connectivity index (χ1v) is 7.10. The standard InChI is InChI=1S/C14H15N3OS/c1-9-2-5-12-13(6-9)17-14(16-12)19-8-11-4-3-10(7-15)18-11/h2-6H,7-8,15H2,1H3,(H,16,17). The number of fused-ring (bicyclic) bond motifs is 1. The van der Waals surface area contributed by atoms with E-state index in [0.717, 1.165) is 33.5 Å². The quantitative estimate of drug-likeness (QED) is 0.716. The van der Waals surface area contributed by atoms with E-state index in [0.29, 0.717) is 6.54 Å². The van der Waals surface area contributed by atoms with Crippen LogP contribution in [0.5, 0.6) is 0 Å². The van der Waals surface area contributed by atoms with Crippen molar-refractivity contribution in [1.29, 1.82) is 0 Å². The average molecular weight is 273 g/mol. The maximum Gasteiger partial charge on any atom is 0.166 e. The third kappa shape index (κ3) is 2.67. The van der Waals surface area contributed by atoms with Gasteiger partial charge in [-0.05, 0) is 36.8 Å². The fourth-order valence-electron chi connectivity index (χ4n) is 1.92. The van der Waals surface area contributed by atoms with Gasteiger partial charge in [0, 0.05) is 0 Å². The van der Waals surface area contributed by atoms with Crippen LogP contribution in [0.2, 0.25) is 0 Å². The average Bonchev–Trinajstić information content (AvgIpc) is 3.01. The fraction of sp³-hybridized carbons (Fsp3) is 0.214. The number of aryl methyl sites for hydroxylation is 1. The first-order valence-electron chi connectivity index (χ1n) is 6.11. The molecule has 0 saturated heterocycles. The third-order valence-electron chi connectivity index (χ3n) is 2.89. The van der Waals surface area contributed by atoms with Crippen molar-refractivity contribution in [3.05, 3.63) is 47.4 Å². The van der Waals surface area contributed by atoms with Crippen molar-refractivity contribution in [1.82, 2.24) is 9.97 Å². The van der Waals surface area contributed by atoms with Crippen LogP contribution in [0, 0.1) is 6.92 Å². The molecular formula is C14H15N3OS. The minimum Gasteiger partial charge on any atom is -0.464 e. The number of hydrogen-bond acceptors (Lipinski definition) is 4. The third-order valence-corrected chi connectivity index (χ3v) is 3.78. The van der Waals surface area contributed by atoms with E-state index >= 15 is 0 Å². The lowest BCUT2D eigenvalue weighted by Crippen LogP contribution is -1.92. The van der Waals surface area contributed by atoms with E-state index in [1.54, 1.807) is 11.8 Å². The summed E-state index contributed by atoms with van der Waals surface area (Å²) in [7, 11) is 0. The van der Waals surface area contributed by atoms with Gasteiger partial charge < -0.3 is 15.1 Å². The van der Waals surface area contributed by atoms with Crippen LogP contribution < -0.4 is 5.73 Å². The lowest BCUT2D eigenvalue weighted by Gasteiger charge is -1.94. The monoisotopic (exact) mass is 273 g/mol. The molecule has 98 valence electrons. The Morgan fingerprint density at radius 3 is 2.89 bits per heavy atom. The molecule has 0 atom stereocenters. The lowest BCUT2D eigenvalue weighted by molar-refractivity contribution is 0.482. The van der Waals surface area contributed by atoms with Gasteiger partial charge in [0.05, 0.1) is 23.3 Å². The molecule has 0 saturated carbocycles. The summed E-state index contributed by atoms with van der Waals surface area (Å²) in [5.41, 5.74) is 8.81. The van der Waals surface area contributed by atoms with Crippen molar-refractivity contribution < 1.29 is 4.42 Å². The zero-order valence-corrected chi connectivity index (χ0v) is 11.5. The number of benzene rings is 1. The lowest BCUT2D eigenvalue weighted by atomic mass is 10.2. The number of aromatic amines is 1. The van der Waals surface area contributed by atoms with Gasteiger partial charge in [-0.25, -0.2) is 4.98 Å². The van der Waals surface area contributed by atoms with Crippen molar-refractivity contribution in [3.8, 4) is 0 Å². The normalized spacial score (nSPS) is 11.3. The number of H-pyrrole nitrogens is 1. The number of aromatic nitrogens is 2. The number of imidazole rings is 1. The topological polar surface area (TPSA) is 67.8 Å². The molecule has 2 aromatic heterocycles. The molecule has 2 heterocycles. The molecule has 0 bridgehead atoms. The minimum absolute atomic E-state index is 0.439. The Kier molecular flexibility index (Phi) is 3.31. The molecule has 4 nitrogen and oxygen atoms in total. The number of furan rings is 1. The van der Waals surface area contributed by atoms with Crippen LogP contribution in [0.4, 0.5) is 0 Å². The molecule has 3 aromatic rings. The van der Waals surface area contributed by atoms with Gasteiger partial charge in [0.15, 0.2) is 5.16 Å². The van der Waals surface area contributed by atoms with Gasteiger partial charge in [0.2, 0.25) is 0 Å². The summed E-state index contributed by atoms with van der Waals surface area (Å²) in [5.74, 6) is 2.48. The Bertz CT molecular complexity index is 702. The molecule has 0 spiro atoms. The van der Waals surface area contributed by atoms with E-state index in [9.17, 15) is 0 Å². The Labute approximate surface area is 115 Å². The van der Waals surface area contributed by atoms with E-state index in [1.165, 1.54) is 5.56 Å². The van der Waals surface area contributed by atoms with E-state index < -0.39 is 0 Å². The number of rotatable bonds is 4. The maximum absolute atomic E-state index is 5.56. The second-order valence-corrected chi connectivity index (χ2v) is 5.39. The SMILES string of the molecule is Cc1ccc2nc(SCc3ccc(CN)o3)[nH]c2c1. The smallest absolute Gasteiger partial charge is 0.166 e. The first-order chi connectivity index (χ1) is 9.24. The maximum atomic E-state index is 5.56. The highest BCUT2D eigenvalue weighted by molar-refractivity contribution is 7.98. The molecule has 3 rings (SSSR count). The largest absolute Gasteiger partial charge is 0.464 e. The van der Waals surface area contributed by atoms with Gasteiger partial charge in [-0.15, -0.1) is 0 Å². The van der Waals surface area contributed by atoms with E-state index in [1.807, 2.05) is 18.2 Å². The van der Waals surface area contributed by atoms with Crippen LogP contribution in [0.25, 0.3) is 11.0 Å².